The maximum absolute atomic E-state index is 13.6. The summed E-state index contributed by atoms with van der Waals surface area (Å²) in [4.78, 5) is 3.44. The fourth-order valence-corrected chi connectivity index (χ4v) is 6.27. The van der Waals surface area contributed by atoms with Crippen LogP contribution in [0.15, 0.2) is 83.8 Å². The topological polar surface area (TPSA) is 99.2 Å². The van der Waals surface area contributed by atoms with Crippen molar-refractivity contribution in [3.8, 4) is 22.8 Å². The van der Waals surface area contributed by atoms with Crippen molar-refractivity contribution in [2.75, 3.05) is 13.1 Å². The Morgan fingerprint density at radius 3 is 2.14 bits per heavy atom. The summed E-state index contributed by atoms with van der Waals surface area (Å²) in [6, 6.07) is 24.8. The van der Waals surface area contributed by atoms with E-state index < -0.39 is 15.6 Å². The van der Waals surface area contributed by atoms with E-state index in [1.807, 2.05) is 66.7 Å². The van der Waals surface area contributed by atoms with Gasteiger partial charge in [0.05, 0.1) is 10.5 Å². The molecule has 0 bridgehead atoms. The second kappa shape index (κ2) is 9.37. The molecule has 1 aliphatic heterocycles. The van der Waals surface area contributed by atoms with Gasteiger partial charge < -0.3 is 10.1 Å². The zero-order valence-corrected chi connectivity index (χ0v) is 20.4. The molecule has 2 N–H and O–H groups in total. The van der Waals surface area contributed by atoms with Crippen molar-refractivity contribution in [2.24, 2.45) is 0 Å². The molecule has 1 fully saturated rings. The predicted octanol–water partition coefficient (Wildman–Crippen LogP) is 4.21. The van der Waals surface area contributed by atoms with E-state index in [0.29, 0.717) is 42.0 Å². The molecular formula is C27H28N4O3S. The van der Waals surface area contributed by atoms with Gasteiger partial charge in [-0.3, -0.25) is 0 Å². The molecule has 0 unspecified atom stereocenters. The van der Waals surface area contributed by atoms with E-state index in [1.54, 1.807) is 19.1 Å². The summed E-state index contributed by atoms with van der Waals surface area (Å²) in [5, 5.41) is 19.5. The number of sulfonamides is 1. The van der Waals surface area contributed by atoms with E-state index in [1.165, 1.54) is 4.31 Å². The number of nitrogens with one attached hydrogen (secondary N) is 1. The van der Waals surface area contributed by atoms with Crippen LogP contribution >= 0.6 is 0 Å². The quantitative estimate of drug-likeness (QED) is 0.424. The lowest BCUT2D eigenvalue weighted by molar-refractivity contribution is -0.00441. The molecule has 0 amide bonds. The molecule has 35 heavy (non-hydrogen) atoms. The highest BCUT2D eigenvalue weighted by atomic mass is 32.2. The third-order valence-corrected chi connectivity index (χ3v) is 8.68. The lowest BCUT2D eigenvalue weighted by Crippen LogP contribution is -2.47. The molecular weight excluding hydrogens is 460 g/mol. The summed E-state index contributed by atoms with van der Waals surface area (Å²) in [5.41, 5.74) is 2.38. The minimum atomic E-state index is -3.73. The summed E-state index contributed by atoms with van der Waals surface area (Å²) in [6.45, 7) is 2.34. The van der Waals surface area contributed by atoms with Crippen molar-refractivity contribution in [1.29, 1.82) is 0 Å². The maximum Gasteiger partial charge on any atom is 0.243 e. The minimum Gasteiger partial charge on any atom is -0.389 e. The summed E-state index contributed by atoms with van der Waals surface area (Å²) in [6.07, 6.45) is 1.30. The lowest BCUT2D eigenvalue weighted by atomic mass is 9.86. The van der Waals surface area contributed by atoms with Gasteiger partial charge in [-0.1, -0.05) is 72.8 Å². The largest absolute Gasteiger partial charge is 0.389 e. The number of nitrogens with zero attached hydrogens (tertiary/aromatic N) is 3. The number of aromatic amines is 1. The Kier molecular flexibility index (Phi) is 6.27. The molecule has 0 aliphatic carbocycles. The zero-order valence-electron chi connectivity index (χ0n) is 19.6. The van der Waals surface area contributed by atoms with Gasteiger partial charge in [0.15, 0.2) is 11.6 Å². The van der Waals surface area contributed by atoms with Crippen LogP contribution in [-0.2, 0) is 16.4 Å². The molecule has 1 saturated heterocycles. The number of aliphatic hydroxyl groups is 1. The summed E-state index contributed by atoms with van der Waals surface area (Å²) < 4.78 is 28.7. The monoisotopic (exact) mass is 488 g/mol. The molecule has 8 heteroatoms. The highest BCUT2D eigenvalue weighted by Gasteiger charge is 2.37. The van der Waals surface area contributed by atoms with Crippen LogP contribution in [0.3, 0.4) is 0 Å². The van der Waals surface area contributed by atoms with Crippen LogP contribution in [0.25, 0.3) is 22.8 Å². The Labute approximate surface area is 205 Å². The van der Waals surface area contributed by atoms with Crippen LogP contribution in [0, 0.1) is 6.92 Å². The third-order valence-electron chi connectivity index (χ3n) is 6.64. The van der Waals surface area contributed by atoms with Crippen molar-refractivity contribution in [3.63, 3.8) is 0 Å². The van der Waals surface area contributed by atoms with Gasteiger partial charge in [0, 0.05) is 30.6 Å². The molecule has 180 valence electrons. The van der Waals surface area contributed by atoms with Crippen LogP contribution in [0.2, 0.25) is 0 Å². The number of hydrogen-bond acceptors (Lipinski definition) is 5. The van der Waals surface area contributed by atoms with Crippen LogP contribution in [0.4, 0.5) is 0 Å². The van der Waals surface area contributed by atoms with Gasteiger partial charge in [0.25, 0.3) is 0 Å². The van der Waals surface area contributed by atoms with E-state index in [4.69, 9.17) is 0 Å². The van der Waals surface area contributed by atoms with E-state index in [2.05, 4.69) is 15.2 Å². The van der Waals surface area contributed by atoms with Gasteiger partial charge in [0.1, 0.15) is 0 Å². The number of H-pyrrole nitrogens is 1. The van der Waals surface area contributed by atoms with Crippen molar-refractivity contribution in [2.45, 2.75) is 36.7 Å². The van der Waals surface area contributed by atoms with Crippen LogP contribution < -0.4 is 0 Å². The number of aromatic nitrogens is 3. The first kappa shape index (κ1) is 23.4. The van der Waals surface area contributed by atoms with Crippen LogP contribution in [0.1, 0.15) is 24.0 Å². The normalized spacial score (nSPS) is 16.3. The van der Waals surface area contributed by atoms with Gasteiger partial charge in [0.2, 0.25) is 10.0 Å². The Bertz CT molecular complexity index is 1410. The van der Waals surface area contributed by atoms with Crippen molar-refractivity contribution in [3.05, 3.63) is 90.0 Å². The number of aryl methyl sites for hydroxylation is 1. The Hall–Kier alpha value is -3.33. The summed E-state index contributed by atoms with van der Waals surface area (Å²) in [5.74, 6) is 1.13. The first-order chi connectivity index (χ1) is 16.8. The number of piperidine rings is 1. The predicted molar refractivity (Wildman–Crippen MR) is 135 cm³/mol. The molecule has 5 rings (SSSR count). The number of benzene rings is 3. The second-order valence-corrected chi connectivity index (χ2v) is 11.1. The minimum absolute atomic E-state index is 0.251. The molecule has 0 atom stereocenters. The SMILES string of the molecule is Cc1ccc(-c2nnc(-c3ccccc3)[nH]2)cc1S(=O)(=O)N1CCC(O)(Cc2ccccc2)CC1. The van der Waals surface area contributed by atoms with Gasteiger partial charge >= 0.3 is 0 Å². The molecule has 1 aromatic heterocycles. The van der Waals surface area contributed by atoms with Gasteiger partial charge in [-0.2, -0.15) is 4.31 Å². The Morgan fingerprint density at radius 2 is 1.49 bits per heavy atom. The Balaban J connectivity index is 1.35. The molecule has 0 spiro atoms. The number of rotatable bonds is 6. The highest BCUT2D eigenvalue weighted by Crippen LogP contribution is 2.32. The first-order valence-electron chi connectivity index (χ1n) is 11.7. The van der Waals surface area contributed by atoms with Crippen LogP contribution in [-0.4, -0.2) is 51.7 Å². The molecule has 2 heterocycles. The first-order valence-corrected chi connectivity index (χ1v) is 13.1. The van der Waals surface area contributed by atoms with E-state index in [9.17, 15) is 13.5 Å². The standard InChI is InChI=1S/C27H28N4O3S/c1-20-12-13-23(26-28-25(29-30-26)22-10-6-3-7-11-22)18-24(20)35(33,34)31-16-14-27(32,15-17-31)19-21-8-4-2-5-9-21/h2-13,18,32H,14-17,19H2,1H3,(H,28,29,30). The zero-order chi connectivity index (χ0) is 24.5. The smallest absolute Gasteiger partial charge is 0.243 e. The molecule has 0 radical (unpaired) electrons. The average Bonchev–Trinajstić information content (AvgIpc) is 3.36. The second-order valence-electron chi connectivity index (χ2n) is 9.16. The summed E-state index contributed by atoms with van der Waals surface area (Å²) in [7, 11) is -3.73. The van der Waals surface area contributed by atoms with Gasteiger partial charge in [-0.05, 0) is 37.0 Å². The van der Waals surface area contributed by atoms with E-state index >= 15 is 0 Å². The van der Waals surface area contributed by atoms with Crippen LogP contribution in [0.5, 0.6) is 0 Å². The lowest BCUT2D eigenvalue weighted by Gasteiger charge is -2.37. The molecule has 7 nitrogen and oxygen atoms in total. The Morgan fingerprint density at radius 1 is 0.886 bits per heavy atom. The number of hydrogen-bond donors (Lipinski definition) is 2. The van der Waals surface area contributed by atoms with E-state index in [0.717, 1.165) is 11.1 Å². The molecule has 1 aliphatic rings. The van der Waals surface area contributed by atoms with Crippen molar-refractivity contribution >= 4 is 10.0 Å². The van der Waals surface area contributed by atoms with Crippen molar-refractivity contribution < 1.29 is 13.5 Å². The molecule has 4 aromatic rings. The van der Waals surface area contributed by atoms with Gasteiger partial charge in [-0.25, -0.2) is 8.42 Å². The third kappa shape index (κ3) is 4.91. The maximum atomic E-state index is 13.6. The molecule has 0 saturated carbocycles. The average molecular weight is 489 g/mol. The highest BCUT2D eigenvalue weighted by molar-refractivity contribution is 7.89. The molecule has 3 aromatic carbocycles. The van der Waals surface area contributed by atoms with Crippen molar-refractivity contribution in [1.82, 2.24) is 19.5 Å². The fourth-order valence-electron chi connectivity index (χ4n) is 4.58. The summed E-state index contributed by atoms with van der Waals surface area (Å²) >= 11 is 0. The van der Waals surface area contributed by atoms with Gasteiger partial charge in [-0.15, -0.1) is 10.2 Å². The fraction of sp³-hybridized carbons (Fsp3) is 0.259. The van der Waals surface area contributed by atoms with E-state index in [-0.39, 0.29) is 18.0 Å².